The van der Waals surface area contributed by atoms with Crippen molar-refractivity contribution in [2.24, 2.45) is 5.41 Å². The lowest BCUT2D eigenvalue weighted by molar-refractivity contribution is -0.137. The number of carbonyl (C=O) groups excluding carboxylic acids is 1. The average Bonchev–Trinajstić information content (AvgIpc) is 2.09. The molecule has 1 unspecified atom stereocenters. The minimum atomic E-state index is -0.154. The maximum absolute atomic E-state index is 10.9. The van der Waals surface area contributed by atoms with Crippen molar-refractivity contribution in [2.45, 2.75) is 26.8 Å². The summed E-state index contributed by atoms with van der Waals surface area (Å²) >= 11 is 1.61. The minimum absolute atomic E-state index is 0.154. The third-order valence-electron chi connectivity index (χ3n) is 2.13. The molecule has 4 heteroatoms. The average molecular weight is 219 g/mol. The van der Waals surface area contributed by atoms with Crippen LogP contribution in [-0.2, 0) is 9.53 Å². The molecule has 0 aliphatic carbocycles. The van der Waals surface area contributed by atoms with E-state index in [1.54, 1.807) is 11.8 Å². The van der Waals surface area contributed by atoms with Gasteiger partial charge in [0.1, 0.15) is 0 Å². The Hall–Kier alpha value is -0.220. The summed E-state index contributed by atoms with van der Waals surface area (Å²) in [5.41, 5.74) is 0.220. The van der Waals surface area contributed by atoms with E-state index in [-0.39, 0.29) is 11.4 Å². The Morgan fingerprint density at radius 1 is 1.50 bits per heavy atom. The first-order valence-electron chi connectivity index (χ1n) is 4.73. The third-order valence-corrected chi connectivity index (χ3v) is 3.13. The van der Waals surface area contributed by atoms with E-state index < -0.39 is 0 Å². The molecule has 0 aliphatic heterocycles. The van der Waals surface area contributed by atoms with Crippen LogP contribution in [0.15, 0.2) is 0 Å². The summed E-state index contributed by atoms with van der Waals surface area (Å²) in [5, 5.41) is 3.26. The standard InChI is InChI=1S/C10H21NO2S/c1-10(2,3)8(11-4)6-14-7-9(12)13-5/h8,11H,6-7H2,1-5H3. The second-order valence-electron chi connectivity index (χ2n) is 4.30. The summed E-state index contributed by atoms with van der Waals surface area (Å²) in [7, 11) is 3.37. The Labute approximate surface area is 91.0 Å². The van der Waals surface area contributed by atoms with E-state index in [9.17, 15) is 4.79 Å². The monoisotopic (exact) mass is 219 g/mol. The second kappa shape index (κ2) is 6.30. The number of carbonyl (C=O) groups is 1. The molecule has 0 bridgehead atoms. The van der Waals surface area contributed by atoms with Crippen molar-refractivity contribution in [1.82, 2.24) is 5.32 Å². The van der Waals surface area contributed by atoms with Crippen LogP contribution in [0.4, 0.5) is 0 Å². The van der Waals surface area contributed by atoms with Crippen LogP contribution in [0.1, 0.15) is 20.8 Å². The number of thioether (sulfide) groups is 1. The largest absolute Gasteiger partial charge is 0.468 e. The normalized spacial score (nSPS) is 13.8. The van der Waals surface area contributed by atoms with Crippen LogP contribution in [0.5, 0.6) is 0 Å². The molecule has 0 aromatic rings. The van der Waals surface area contributed by atoms with Crippen LogP contribution in [-0.4, -0.2) is 37.7 Å². The topological polar surface area (TPSA) is 38.3 Å². The molecule has 0 aromatic heterocycles. The zero-order valence-corrected chi connectivity index (χ0v) is 10.5. The maximum Gasteiger partial charge on any atom is 0.315 e. The zero-order chi connectivity index (χ0) is 11.2. The molecule has 1 N–H and O–H groups in total. The lowest BCUT2D eigenvalue weighted by Crippen LogP contribution is -2.40. The van der Waals surface area contributed by atoms with Gasteiger partial charge in [0.25, 0.3) is 0 Å². The van der Waals surface area contributed by atoms with Gasteiger partial charge in [0.15, 0.2) is 0 Å². The molecule has 0 aromatic carbocycles. The van der Waals surface area contributed by atoms with Gasteiger partial charge >= 0.3 is 5.97 Å². The first-order valence-corrected chi connectivity index (χ1v) is 5.89. The van der Waals surface area contributed by atoms with E-state index in [1.807, 2.05) is 7.05 Å². The summed E-state index contributed by atoms with van der Waals surface area (Å²) in [4.78, 5) is 10.9. The highest BCUT2D eigenvalue weighted by Crippen LogP contribution is 2.22. The fourth-order valence-corrected chi connectivity index (χ4v) is 2.39. The molecular weight excluding hydrogens is 198 g/mol. The first kappa shape index (κ1) is 13.8. The van der Waals surface area contributed by atoms with Gasteiger partial charge in [-0.3, -0.25) is 4.79 Å². The second-order valence-corrected chi connectivity index (χ2v) is 5.33. The molecule has 84 valence electrons. The Morgan fingerprint density at radius 2 is 2.07 bits per heavy atom. The van der Waals surface area contributed by atoms with Crippen molar-refractivity contribution in [2.75, 3.05) is 25.7 Å². The van der Waals surface area contributed by atoms with Gasteiger partial charge in [0.2, 0.25) is 0 Å². The van der Waals surface area contributed by atoms with Gasteiger partial charge in [-0.05, 0) is 12.5 Å². The van der Waals surface area contributed by atoms with Crippen LogP contribution in [0, 0.1) is 5.41 Å². The predicted molar refractivity (Wildman–Crippen MR) is 61.6 cm³/mol. The molecule has 0 fully saturated rings. The molecule has 0 amide bonds. The highest BCUT2D eigenvalue weighted by molar-refractivity contribution is 7.99. The van der Waals surface area contributed by atoms with E-state index in [0.29, 0.717) is 11.8 Å². The van der Waals surface area contributed by atoms with Crippen LogP contribution < -0.4 is 5.32 Å². The van der Waals surface area contributed by atoms with E-state index in [0.717, 1.165) is 5.75 Å². The number of hydrogen-bond donors (Lipinski definition) is 1. The molecule has 1 atom stereocenters. The smallest absolute Gasteiger partial charge is 0.315 e. The van der Waals surface area contributed by atoms with E-state index in [1.165, 1.54) is 7.11 Å². The number of hydrogen-bond acceptors (Lipinski definition) is 4. The Bertz CT molecular complexity index is 177. The lowest BCUT2D eigenvalue weighted by Gasteiger charge is -2.29. The van der Waals surface area contributed by atoms with Gasteiger partial charge in [-0.25, -0.2) is 0 Å². The number of ether oxygens (including phenoxy) is 1. The van der Waals surface area contributed by atoms with E-state index in [4.69, 9.17) is 0 Å². The minimum Gasteiger partial charge on any atom is -0.468 e. The molecule has 0 radical (unpaired) electrons. The van der Waals surface area contributed by atoms with Crippen molar-refractivity contribution in [3.05, 3.63) is 0 Å². The number of nitrogens with one attached hydrogen (secondary N) is 1. The fraction of sp³-hybridized carbons (Fsp3) is 0.900. The van der Waals surface area contributed by atoms with Crippen LogP contribution in [0.2, 0.25) is 0 Å². The van der Waals surface area contributed by atoms with Gasteiger partial charge in [-0.15, -0.1) is 11.8 Å². The van der Waals surface area contributed by atoms with Crippen molar-refractivity contribution >= 4 is 17.7 Å². The molecule has 14 heavy (non-hydrogen) atoms. The zero-order valence-electron chi connectivity index (χ0n) is 9.72. The molecule has 3 nitrogen and oxygen atoms in total. The SMILES string of the molecule is CNC(CSCC(=O)OC)C(C)(C)C. The Kier molecular flexibility index (Phi) is 6.20. The lowest BCUT2D eigenvalue weighted by atomic mass is 9.88. The van der Waals surface area contributed by atoms with Gasteiger partial charge in [0.05, 0.1) is 12.9 Å². The fourth-order valence-electron chi connectivity index (χ4n) is 1.09. The quantitative estimate of drug-likeness (QED) is 0.712. The summed E-state index contributed by atoms with van der Waals surface area (Å²) in [6, 6.07) is 0.414. The molecule has 0 rings (SSSR count). The highest BCUT2D eigenvalue weighted by Gasteiger charge is 2.22. The number of methoxy groups -OCH3 is 1. The van der Waals surface area contributed by atoms with Crippen molar-refractivity contribution in [3.63, 3.8) is 0 Å². The Morgan fingerprint density at radius 3 is 2.43 bits per heavy atom. The summed E-state index contributed by atoms with van der Waals surface area (Å²) < 4.78 is 4.57. The van der Waals surface area contributed by atoms with Crippen LogP contribution in [0.3, 0.4) is 0 Å². The molecule has 0 spiro atoms. The Balaban J connectivity index is 3.80. The van der Waals surface area contributed by atoms with Gasteiger partial charge in [-0.2, -0.15) is 0 Å². The summed E-state index contributed by atoms with van der Waals surface area (Å²) in [5.74, 6) is 1.21. The van der Waals surface area contributed by atoms with Gasteiger partial charge < -0.3 is 10.1 Å². The van der Waals surface area contributed by atoms with Crippen LogP contribution in [0.25, 0.3) is 0 Å². The molecule has 0 saturated heterocycles. The summed E-state index contributed by atoms with van der Waals surface area (Å²) in [6.45, 7) is 6.56. The molecule has 0 aliphatic rings. The van der Waals surface area contributed by atoms with Gasteiger partial charge in [0, 0.05) is 11.8 Å². The third kappa shape index (κ3) is 5.50. The van der Waals surface area contributed by atoms with E-state index in [2.05, 4.69) is 30.8 Å². The summed E-state index contributed by atoms with van der Waals surface area (Å²) in [6.07, 6.45) is 0. The number of esters is 1. The van der Waals surface area contributed by atoms with Crippen molar-refractivity contribution in [3.8, 4) is 0 Å². The van der Waals surface area contributed by atoms with Gasteiger partial charge in [-0.1, -0.05) is 20.8 Å². The van der Waals surface area contributed by atoms with Crippen LogP contribution >= 0.6 is 11.8 Å². The number of rotatable bonds is 5. The molecule has 0 heterocycles. The van der Waals surface area contributed by atoms with Crippen molar-refractivity contribution < 1.29 is 9.53 Å². The highest BCUT2D eigenvalue weighted by atomic mass is 32.2. The van der Waals surface area contributed by atoms with Crippen molar-refractivity contribution in [1.29, 1.82) is 0 Å². The van der Waals surface area contributed by atoms with E-state index >= 15 is 0 Å². The predicted octanol–water partition coefficient (Wildman–Crippen LogP) is 1.53. The molecule has 0 saturated carbocycles. The molecular formula is C10H21NO2S. The first-order chi connectivity index (χ1) is 6.41. The maximum atomic E-state index is 10.9.